The molecule has 0 spiro atoms. The number of amides is 2. The van der Waals surface area contributed by atoms with Gasteiger partial charge in [-0.05, 0) is 63.6 Å². The minimum absolute atomic E-state index is 0.114. The van der Waals surface area contributed by atoms with Crippen molar-refractivity contribution in [3.8, 4) is 0 Å². The maximum Gasteiger partial charge on any atom is 0.322 e. The van der Waals surface area contributed by atoms with Gasteiger partial charge in [-0.3, -0.25) is 15.3 Å². The molecule has 1 saturated heterocycles. The lowest BCUT2D eigenvalue weighted by Gasteiger charge is -2.38. The molecule has 1 aromatic rings. The van der Waals surface area contributed by atoms with Gasteiger partial charge in [-0.2, -0.15) is 0 Å². The van der Waals surface area contributed by atoms with Gasteiger partial charge in [-0.25, -0.2) is 9.79 Å². The Bertz CT molecular complexity index is 832. The Morgan fingerprint density at radius 2 is 2.03 bits per heavy atom. The number of aliphatic imine (C=N–C) groups is 2. The summed E-state index contributed by atoms with van der Waals surface area (Å²) in [4.78, 5) is 27.8. The molecule has 2 heterocycles. The van der Waals surface area contributed by atoms with E-state index in [4.69, 9.17) is 5.73 Å². The maximum absolute atomic E-state index is 12.6. The molecule has 1 fully saturated rings. The lowest BCUT2D eigenvalue weighted by atomic mass is 9.81. The Balaban J connectivity index is 2.18. The summed E-state index contributed by atoms with van der Waals surface area (Å²) in [7, 11) is 1.75. The van der Waals surface area contributed by atoms with Gasteiger partial charge in [-0.15, -0.1) is 0 Å². The highest BCUT2D eigenvalue weighted by molar-refractivity contribution is 6.10. The van der Waals surface area contributed by atoms with Crippen LogP contribution in [0.2, 0.25) is 0 Å². The molecule has 0 bridgehead atoms. The van der Waals surface area contributed by atoms with E-state index in [9.17, 15) is 4.79 Å². The molecule has 2 amide bonds. The number of allylic oxidation sites excluding steroid dienone is 2. The summed E-state index contributed by atoms with van der Waals surface area (Å²) in [5.74, 6) is 0.554. The van der Waals surface area contributed by atoms with E-state index in [1.165, 1.54) is 0 Å². The van der Waals surface area contributed by atoms with Crippen molar-refractivity contribution < 1.29 is 4.79 Å². The minimum atomic E-state index is -0.114. The number of carbonyl (C=O) groups is 1. The quantitative estimate of drug-likeness (QED) is 0.599. The summed E-state index contributed by atoms with van der Waals surface area (Å²) in [6, 6.07) is -0.114. The van der Waals surface area contributed by atoms with Gasteiger partial charge in [0.05, 0.1) is 11.4 Å². The minimum Gasteiger partial charge on any atom is -0.330 e. The topological polar surface area (TPSA) is 96.0 Å². The number of amidine groups is 1. The number of nitrogens with two attached hydrogens (primary N) is 1. The van der Waals surface area contributed by atoms with E-state index >= 15 is 0 Å². The highest BCUT2D eigenvalue weighted by atomic mass is 16.2. The number of nitrogens with one attached hydrogen (secondary N) is 1. The zero-order valence-electron chi connectivity index (χ0n) is 18.5. The SMILES string of the molecule is C/C=C(\C=N/C)c1cnc(C)c(/N=C(\C)NC(=O)N2CCC(C)(CN)CC2)c1C. The summed E-state index contributed by atoms with van der Waals surface area (Å²) in [6.07, 6.45) is 7.49. The van der Waals surface area contributed by atoms with Gasteiger partial charge >= 0.3 is 6.03 Å². The molecule has 1 aromatic heterocycles. The average molecular weight is 399 g/mol. The van der Waals surface area contributed by atoms with Crippen molar-refractivity contribution in [1.82, 2.24) is 15.2 Å². The van der Waals surface area contributed by atoms with Crippen LogP contribution in [-0.4, -0.2) is 54.6 Å². The van der Waals surface area contributed by atoms with Crippen LogP contribution in [0.25, 0.3) is 5.57 Å². The lowest BCUT2D eigenvalue weighted by Crippen LogP contribution is -2.49. The molecule has 1 aliphatic rings. The number of pyridine rings is 1. The van der Waals surface area contributed by atoms with Crippen LogP contribution in [0.4, 0.5) is 10.5 Å². The second kappa shape index (κ2) is 9.78. The number of carbonyl (C=O) groups excluding carboxylic acids is 1. The fourth-order valence-corrected chi connectivity index (χ4v) is 3.50. The molecule has 158 valence electrons. The third-order valence-corrected chi connectivity index (χ3v) is 5.70. The van der Waals surface area contributed by atoms with Gasteiger partial charge in [0.25, 0.3) is 0 Å². The second-order valence-electron chi connectivity index (χ2n) is 7.99. The number of rotatable bonds is 4. The van der Waals surface area contributed by atoms with E-state index in [1.807, 2.05) is 51.1 Å². The first-order valence-corrected chi connectivity index (χ1v) is 10.1. The van der Waals surface area contributed by atoms with E-state index in [2.05, 4.69) is 27.2 Å². The number of aryl methyl sites for hydroxylation is 1. The molecule has 1 aliphatic heterocycles. The lowest BCUT2D eigenvalue weighted by molar-refractivity contribution is 0.136. The Hall–Kier alpha value is -2.54. The van der Waals surface area contributed by atoms with Crippen LogP contribution in [-0.2, 0) is 0 Å². The zero-order chi connectivity index (χ0) is 21.6. The number of piperidine rings is 1. The van der Waals surface area contributed by atoms with Crippen LogP contribution in [0.5, 0.6) is 0 Å². The number of urea groups is 1. The molecule has 0 unspecified atom stereocenters. The van der Waals surface area contributed by atoms with E-state index < -0.39 is 0 Å². The highest BCUT2D eigenvalue weighted by Crippen LogP contribution is 2.30. The van der Waals surface area contributed by atoms with Gasteiger partial charge in [-0.1, -0.05) is 13.0 Å². The second-order valence-corrected chi connectivity index (χ2v) is 7.99. The molecule has 7 heteroatoms. The number of hydrogen-bond acceptors (Lipinski definition) is 5. The Morgan fingerprint density at radius 1 is 1.38 bits per heavy atom. The molecule has 7 nitrogen and oxygen atoms in total. The van der Waals surface area contributed by atoms with Gasteiger partial charge < -0.3 is 10.6 Å². The number of likely N-dealkylation sites (tertiary alicyclic amines) is 1. The monoisotopic (exact) mass is 398 g/mol. The Kier molecular flexibility index (Phi) is 7.67. The van der Waals surface area contributed by atoms with Crippen molar-refractivity contribution in [3.63, 3.8) is 0 Å². The first-order valence-electron chi connectivity index (χ1n) is 10.1. The van der Waals surface area contributed by atoms with Gasteiger partial charge in [0.2, 0.25) is 0 Å². The highest BCUT2D eigenvalue weighted by Gasteiger charge is 2.30. The summed E-state index contributed by atoms with van der Waals surface area (Å²) in [5.41, 5.74) is 10.6. The van der Waals surface area contributed by atoms with E-state index in [0.29, 0.717) is 25.5 Å². The molecule has 0 radical (unpaired) electrons. The standard InChI is InChI=1S/C22H34N6O/c1-7-18(12-24-6)19-13-25-16(3)20(15(19)2)26-17(4)27-21(29)28-10-8-22(5,14-23)9-11-28/h7,12-13H,8-11,14,23H2,1-6H3,(H,26,27,29)/b18-7+,24-12-. The van der Waals surface area contributed by atoms with Crippen molar-refractivity contribution in [2.24, 2.45) is 21.1 Å². The fourth-order valence-electron chi connectivity index (χ4n) is 3.50. The molecular formula is C22H34N6O. The number of nitrogens with zero attached hydrogens (tertiary/aromatic N) is 4. The Labute approximate surface area is 174 Å². The van der Waals surface area contributed by atoms with Crippen molar-refractivity contribution in [2.45, 2.75) is 47.5 Å². The molecular weight excluding hydrogens is 364 g/mol. The van der Waals surface area contributed by atoms with E-state index in [0.717, 1.165) is 40.9 Å². The number of aromatic nitrogens is 1. The number of hydrogen-bond donors (Lipinski definition) is 2. The van der Waals surface area contributed by atoms with Crippen molar-refractivity contribution >= 4 is 29.3 Å². The summed E-state index contributed by atoms with van der Waals surface area (Å²) in [6.45, 7) is 12.0. The van der Waals surface area contributed by atoms with Crippen LogP contribution < -0.4 is 11.1 Å². The maximum atomic E-state index is 12.6. The predicted octanol–water partition coefficient (Wildman–Crippen LogP) is 3.62. The Morgan fingerprint density at radius 3 is 2.59 bits per heavy atom. The molecule has 3 N–H and O–H groups in total. The predicted molar refractivity (Wildman–Crippen MR) is 121 cm³/mol. The summed E-state index contributed by atoms with van der Waals surface area (Å²) in [5, 5.41) is 2.92. The fraction of sp³-hybridized carbons (Fsp3) is 0.545. The van der Waals surface area contributed by atoms with Crippen molar-refractivity contribution in [2.75, 3.05) is 26.7 Å². The molecule has 0 saturated carbocycles. The van der Waals surface area contributed by atoms with Crippen molar-refractivity contribution in [3.05, 3.63) is 29.1 Å². The smallest absolute Gasteiger partial charge is 0.322 e. The van der Waals surface area contributed by atoms with Crippen LogP contribution in [0.3, 0.4) is 0 Å². The van der Waals surface area contributed by atoms with E-state index in [1.54, 1.807) is 7.05 Å². The zero-order valence-corrected chi connectivity index (χ0v) is 18.5. The molecule has 0 aliphatic carbocycles. The normalized spacial score (nSPS) is 17.7. The van der Waals surface area contributed by atoms with Gasteiger partial charge in [0.15, 0.2) is 0 Å². The van der Waals surface area contributed by atoms with Crippen LogP contribution in [0.15, 0.2) is 22.3 Å². The largest absolute Gasteiger partial charge is 0.330 e. The molecule has 2 rings (SSSR count). The first kappa shape index (κ1) is 22.7. The van der Waals surface area contributed by atoms with Crippen LogP contribution in [0, 0.1) is 19.3 Å². The average Bonchev–Trinajstić information content (AvgIpc) is 2.70. The van der Waals surface area contributed by atoms with Crippen LogP contribution >= 0.6 is 0 Å². The van der Waals surface area contributed by atoms with Crippen LogP contribution in [0.1, 0.15) is 50.4 Å². The summed E-state index contributed by atoms with van der Waals surface area (Å²) < 4.78 is 0. The van der Waals surface area contributed by atoms with Gasteiger partial charge in [0.1, 0.15) is 5.84 Å². The summed E-state index contributed by atoms with van der Waals surface area (Å²) >= 11 is 0. The third kappa shape index (κ3) is 5.50. The van der Waals surface area contributed by atoms with Crippen molar-refractivity contribution in [1.29, 1.82) is 0 Å². The first-order chi connectivity index (χ1) is 13.7. The molecule has 0 atom stereocenters. The molecule has 0 aromatic carbocycles. The molecule has 29 heavy (non-hydrogen) atoms. The third-order valence-electron chi connectivity index (χ3n) is 5.70. The van der Waals surface area contributed by atoms with Gasteiger partial charge in [0, 0.05) is 38.1 Å². The van der Waals surface area contributed by atoms with E-state index in [-0.39, 0.29) is 11.4 Å².